The number of amides is 1. The lowest BCUT2D eigenvalue weighted by atomic mass is 10.2. The molecule has 0 unspecified atom stereocenters. The van der Waals surface area contributed by atoms with Gasteiger partial charge in [-0.25, -0.2) is 0 Å². The topological polar surface area (TPSA) is 74.1 Å². The standard InChI is InChI=1S/C15H19N3O2S/c1-20-13-4-2-3-11(9-16)15(13)18-14(19)10-21-12-5-7-17-8-6-12/h2-4,12,17H,5-8,10H2,1H3,(H,18,19). The smallest absolute Gasteiger partial charge is 0.234 e. The molecule has 0 bridgehead atoms. The van der Waals surface area contributed by atoms with Gasteiger partial charge in [0.1, 0.15) is 17.5 Å². The van der Waals surface area contributed by atoms with Gasteiger partial charge in [-0.2, -0.15) is 5.26 Å². The van der Waals surface area contributed by atoms with Gasteiger partial charge in [0.25, 0.3) is 0 Å². The molecule has 6 heteroatoms. The van der Waals surface area contributed by atoms with Gasteiger partial charge in [-0.05, 0) is 38.1 Å². The van der Waals surface area contributed by atoms with Crippen LogP contribution in [0.2, 0.25) is 0 Å². The number of carbonyl (C=O) groups is 1. The number of thioether (sulfide) groups is 1. The van der Waals surface area contributed by atoms with Crippen molar-refractivity contribution < 1.29 is 9.53 Å². The number of nitriles is 1. The van der Waals surface area contributed by atoms with Gasteiger partial charge in [0.2, 0.25) is 5.91 Å². The Morgan fingerprint density at radius 1 is 1.52 bits per heavy atom. The van der Waals surface area contributed by atoms with Crippen LogP contribution in [0.25, 0.3) is 0 Å². The van der Waals surface area contributed by atoms with Crippen LogP contribution in [0.15, 0.2) is 18.2 Å². The lowest BCUT2D eigenvalue weighted by Crippen LogP contribution is -2.30. The molecule has 2 rings (SSSR count). The van der Waals surface area contributed by atoms with Crippen LogP contribution in [0.1, 0.15) is 18.4 Å². The van der Waals surface area contributed by atoms with Gasteiger partial charge in [0.15, 0.2) is 0 Å². The number of hydrogen-bond donors (Lipinski definition) is 2. The molecule has 112 valence electrons. The molecule has 21 heavy (non-hydrogen) atoms. The van der Waals surface area contributed by atoms with E-state index in [1.54, 1.807) is 30.0 Å². The highest BCUT2D eigenvalue weighted by molar-refractivity contribution is 8.00. The molecule has 0 aliphatic carbocycles. The third kappa shape index (κ3) is 4.38. The fraction of sp³-hybridized carbons (Fsp3) is 0.467. The average molecular weight is 305 g/mol. The highest BCUT2D eigenvalue weighted by Crippen LogP contribution is 2.28. The number of methoxy groups -OCH3 is 1. The minimum atomic E-state index is -0.0977. The molecule has 0 atom stereocenters. The molecule has 0 radical (unpaired) electrons. The molecule has 1 saturated heterocycles. The molecule has 1 fully saturated rings. The maximum Gasteiger partial charge on any atom is 0.234 e. The summed E-state index contributed by atoms with van der Waals surface area (Å²) in [4.78, 5) is 12.1. The molecule has 5 nitrogen and oxygen atoms in total. The van der Waals surface area contributed by atoms with Crippen LogP contribution in [-0.4, -0.2) is 37.1 Å². The second kappa shape index (κ2) is 7.91. The number of para-hydroxylation sites is 1. The molecule has 0 aromatic heterocycles. The fourth-order valence-corrected chi connectivity index (χ4v) is 3.28. The maximum atomic E-state index is 12.1. The van der Waals surface area contributed by atoms with E-state index in [4.69, 9.17) is 10.00 Å². The maximum absolute atomic E-state index is 12.1. The summed E-state index contributed by atoms with van der Waals surface area (Å²) in [5.74, 6) is 0.807. The Labute approximate surface area is 129 Å². The molecular formula is C15H19N3O2S. The molecule has 1 aromatic rings. The molecular weight excluding hydrogens is 286 g/mol. The summed E-state index contributed by atoms with van der Waals surface area (Å²) < 4.78 is 5.20. The number of anilines is 1. The zero-order valence-electron chi connectivity index (χ0n) is 12.0. The lowest BCUT2D eigenvalue weighted by molar-refractivity contribution is -0.113. The number of hydrogen-bond acceptors (Lipinski definition) is 5. The van der Waals surface area contributed by atoms with Crippen LogP contribution in [0.3, 0.4) is 0 Å². The van der Waals surface area contributed by atoms with Gasteiger partial charge in [0.05, 0.1) is 18.4 Å². The largest absolute Gasteiger partial charge is 0.495 e. The van der Waals surface area contributed by atoms with Gasteiger partial charge in [-0.3, -0.25) is 4.79 Å². The Kier molecular flexibility index (Phi) is 5.90. The first-order valence-corrected chi connectivity index (χ1v) is 7.98. The van der Waals surface area contributed by atoms with Crippen molar-refractivity contribution in [1.82, 2.24) is 5.32 Å². The highest BCUT2D eigenvalue weighted by Gasteiger charge is 2.17. The van der Waals surface area contributed by atoms with Gasteiger partial charge < -0.3 is 15.4 Å². The first kappa shape index (κ1) is 15.7. The number of nitrogens with one attached hydrogen (secondary N) is 2. The molecule has 2 N–H and O–H groups in total. The van der Waals surface area contributed by atoms with Crippen molar-refractivity contribution in [3.8, 4) is 11.8 Å². The third-order valence-corrected chi connectivity index (χ3v) is 4.74. The van der Waals surface area contributed by atoms with Crippen molar-refractivity contribution >= 4 is 23.4 Å². The molecule has 1 amide bonds. The second-order valence-corrected chi connectivity index (χ2v) is 6.09. The van der Waals surface area contributed by atoms with Crippen LogP contribution < -0.4 is 15.4 Å². The number of rotatable bonds is 5. The zero-order valence-corrected chi connectivity index (χ0v) is 12.8. The summed E-state index contributed by atoms with van der Waals surface area (Å²) >= 11 is 1.68. The Balaban J connectivity index is 1.94. The normalized spacial score (nSPS) is 15.2. The van der Waals surface area contributed by atoms with Crippen molar-refractivity contribution in [3.63, 3.8) is 0 Å². The minimum Gasteiger partial charge on any atom is -0.495 e. The molecule has 0 spiro atoms. The number of benzene rings is 1. The van der Waals surface area contributed by atoms with Gasteiger partial charge >= 0.3 is 0 Å². The van der Waals surface area contributed by atoms with Gasteiger partial charge in [0, 0.05) is 5.25 Å². The van der Waals surface area contributed by atoms with Crippen LogP contribution in [0.5, 0.6) is 5.75 Å². The molecule has 0 saturated carbocycles. The van der Waals surface area contributed by atoms with Gasteiger partial charge in [-0.15, -0.1) is 11.8 Å². The number of carbonyl (C=O) groups excluding carboxylic acids is 1. The summed E-state index contributed by atoms with van der Waals surface area (Å²) in [7, 11) is 1.52. The number of piperidine rings is 1. The van der Waals surface area contributed by atoms with E-state index >= 15 is 0 Å². The van der Waals surface area contributed by atoms with Crippen molar-refractivity contribution in [2.45, 2.75) is 18.1 Å². The molecule has 1 aliphatic rings. The van der Waals surface area contributed by atoms with E-state index in [-0.39, 0.29) is 5.91 Å². The Bertz CT molecular complexity index is 536. The zero-order chi connectivity index (χ0) is 15.1. The van der Waals surface area contributed by atoms with E-state index in [1.807, 2.05) is 0 Å². The molecule has 1 aromatic carbocycles. The van der Waals surface area contributed by atoms with E-state index < -0.39 is 0 Å². The fourth-order valence-electron chi connectivity index (χ4n) is 2.25. The van der Waals surface area contributed by atoms with E-state index in [2.05, 4.69) is 16.7 Å². The quantitative estimate of drug-likeness (QED) is 0.870. The van der Waals surface area contributed by atoms with Crippen molar-refractivity contribution in [1.29, 1.82) is 5.26 Å². The SMILES string of the molecule is COc1cccc(C#N)c1NC(=O)CSC1CCNCC1. The van der Waals surface area contributed by atoms with E-state index in [0.717, 1.165) is 25.9 Å². The van der Waals surface area contributed by atoms with E-state index in [0.29, 0.717) is 28.0 Å². The lowest BCUT2D eigenvalue weighted by Gasteiger charge is -2.21. The van der Waals surface area contributed by atoms with E-state index in [1.165, 1.54) is 7.11 Å². The van der Waals surface area contributed by atoms with Crippen LogP contribution >= 0.6 is 11.8 Å². The van der Waals surface area contributed by atoms with E-state index in [9.17, 15) is 4.79 Å². The summed E-state index contributed by atoms with van der Waals surface area (Å²) in [5, 5.41) is 15.8. The Morgan fingerprint density at radius 2 is 2.29 bits per heavy atom. The Morgan fingerprint density at radius 3 is 2.95 bits per heavy atom. The van der Waals surface area contributed by atoms with Crippen molar-refractivity contribution in [2.75, 3.05) is 31.3 Å². The van der Waals surface area contributed by atoms with Crippen LogP contribution in [-0.2, 0) is 4.79 Å². The van der Waals surface area contributed by atoms with Gasteiger partial charge in [-0.1, -0.05) is 6.07 Å². The minimum absolute atomic E-state index is 0.0977. The monoisotopic (exact) mass is 305 g/mol. The Hall–Kier alpha value is -1.71. The predicted molar refractivity (Wildman–Crippen MR) is 84.7 cm³/mol. The van der Waals surface area contributed by atoms with Crippen LogP contribution in [0, 0.1) is 11.3 Å². The number of ether oxygens (including phenoxy) is 1. The average Bonchev–Trinajstić information content (AvgIpc) is 2.54. The third-order valence-electron chi connectivity index (χ3n) is 3.37. The predicted octanol–water partition coefficient (Wildman–Crippen LogP) is 1.99. The molecule has 1 heterocycles. The first-order valence-electron chi connectivity index (χ1n) is 6.94. The summed E-state index contributed by atoms with van der Waals surface area (Å²) in [6.45, 7) is 2.04. The highest BCUT2D eigenvalue weighted by atomic mass is 32.2. The first-order chi connectivity index (χ1) is 10.2. The molecule has 1 aliphatic heterocycles. The number of nitrogens with zero attached hydrogens (tertiary/aromatic N) is 1. The van der Waals surface area contributed by atoms with Crippen molar-refractivity contribution in [3.05, 3.63) is 23.8 Å². The van der Waals surface area contributed by atoms with Crippen molar-refractivity contribution in [2.24, 2.45) is 0 Å². The summed E-state index contributed by atoms with van der Waals surface area (Å²) in [6, 6.07) is 7.20. The summed E-state index contributed by atoms with van der Waals surface area (Å²) in [5.41, 5.74) is 0.868. The van der Waals surface area contributed by atoms with Crippen LogP contribution in [0.4, 0.5) is 5.69 Å². The second-order valence-electron chi connectivity index (χ2n) is 4.80. The summed E-state index contributed by atoms with van der Waals surface area (Å²) in [6.07, 6.45) is 2.19.